The van der Waals surface area contributed by atoms with Gasteiger partial charge in [0.25, 0.3) is 0 Å². The molecule has 0 saturated heterocycles. The van der Waals surface area contributed by atoms with Crippen LogP contribution in [0.3, 0.4) is 0 Å². The number of ether oxygens (including phenoxy) is 2. The zero-order chi connectivity index (χ0) is 21.4. The van der Waals surface area contributed by atoms with Crippen LogP contribution in [0.1, 0.15) is 5.56 Å². The summed E-state index contributed by atoms with van der Waals surface area (Å²) in [4.78, 5) is 17.7. The van der Waals surface area contributed by atoms with Crippen LogP contribution in [0.15, 0.2) is 41.2 Å². The zero-order valence-corrected chi connectivity index (χ0v) is 16.4. The predicted octanol–water partition coefficient (Wildman–Crippen LogP) is 4.14. The van der Waals surface area contributed by atoms with E-state index in [9.17, 15) is 18.0 Å². The topological polar surface area (TPSA) is 56.6 Å². The fourth-order valence-corrected chi connectivity index (χ4v) is 3.16. The predicted molar refractivity (Wildman–Crippen MR) is 104 cm³/mol. The van der Waals surface area contributed by atoms with Gasteiger partial charge in [-0.3, -0.25) is 4.57 Å². The number of halogens is 4. The van der Waals surface area contributed by atoms with E-state index in [1.54, 1.807) is 6.07 Å². The Morgan fingerprint density at radius 1 is 1.07 bits per heavy atom. The molecule has 1 aliphatic heterocycles. The van der Waals surface area contributed by atoms with Crippen LogP contribution in [0.5, 0.6) is 17.4 Å². The van der Waals surface area contributed by atoms with Crippen molar-refractivity contribution in [1.29, 1.82) is 0 Å². The number of benzene rings is 2. The van der Waals surface area contributed by atoms with Crippen LogP contribution in [0.4, 0.5) is 19.0 Å². The Morgan fingerprint density at radius 2 is 1.80 bits per heavy atom. The second-order valence-corrected chi connectivity index (χ2v) is 7.07. The van der Waals surface area contributed by atoms with Crippen LogP contribution in [0.25, 0.3) is 0 Å². The molecule has 0 N–H and O–H groups in total. The molecule has 0 bridgehead atoms. The molecule has 2 heterocycles. The van der Waals surface area contributed by atoms with Gasteiger partial charge >= 0.3 is 5.69 Å². The fourth-order valence-electron chi connectivity index (χ4n) is 3.05. The number of anilines is 1. The van der Waals surface area contributed by atoms with E-state index in [1.807, 2.05) is 11.9 Å². The van der Waals surface area contributed by atoms with Gasteiger partial charge in [-0.15, -0.1) is 0 Å². The fraction of sp³-hybridized carbons (Fsp3) is 0.200. The minimum absolute atomic E-state index is 0.0535. The molecule has 1 aliphatic rings. The van der Waals surface area contributed by atoms with Gasteiger partial charge in [0.1, 0.15) is 24.0 Å². The Bertz CT molecular complexity index is 1160. The maximum absolute atomic E-state index is 14.4. The second kappa shape index (κ2) is 7.91. The Hall–Kier alpha value is -3.20. The molecule has 10 heteroatoms. The summed E-state index contributed by atoms with van der Waals surface area (Å²) < 4.78 is 54.3. The molecule has 1 aromatic heterocycles. The van der Waals surface area contributed by atoms with Gasteiger partial charge in [0.2, 0.25) is 5.88 Å². The maximum atomic E-state index is 14.4. The van der Waals surface area contributed by atoms with Gasteiger partial charge in [-0.25, -0.2) is 18.0 Å². The van der Waals surface area contributed by atoms with Gasteiger partial charge < -0.3 is 14.4 Å². The number of aromatic nitrogens is 2. The Balaban J connectivity index is 1.51. The average molecular weight is 438 g/mol. The first kappa shape index (κ1) is 20.1. The van der Waals surface area contributed by atoms with E-state index in [-0.39, 0.29) is 28.8 Å². The van der Waals surface area contributed by atoms with Crippen molar-refractivity contribution in [1.82, 2.24) is 9.55 Å². The van der Waals surface area contributed by atoms with E-state index in [0.29, 0.717) is 18.9 Å². The first-order valence-electron chi connectivity index (χ1n) is 8.88. The van der Waals surface area contributed by atoms with Crippen molar-refractivity contribution in [3.63, 3.8) is 0 Å². The Labute approximate surface area is 174 Å². The summed E-state index contributed by atoms with van der Waals surface area (Å²) in [6.45, 7) is 0.992. The van der Waals surface area contributed by atoms with Crippen molar-refractivity contribution < 1.29 is 22.6 Å². The van der Waals surface area contributed by atoms with Crippen molar-refractivity contribution >= 4 is 17.4 Å². The quantitative estimate of drug-likeness (QED) is 0.600. The van der Waals surface area contributed by atoms with E-state index < -0.39 is 28.9 Å². The zero-order valence-electron chi connectivity index (χ0n) is 15.7. The number of likely N-dealkylation sites (N-methyl/N-ethyl adjacent to an activating group) is 1. The molecule has 0 radical (unpaired) electrons. The molecular formula is C20H15ClF3N3O3. The van der Waals surface area contributed by atoms with Crippen LogP contribution < -0.4 is 20.1 Å². The molecule has 156 valence electrons. The summed E-state index contributed by atoms with van der Waals surface area (Å²) in [5.41, 5.74) is -0.293. The lowest BCUT2D eigenvalue weighted by Gasteiger charge is -2.13. The summed E-state index contributed by atoms with van der Waals surface area (Å²) in [6.07, 6.45) is 0. The third-order valence-corrected chi connectivity index (χ3v) is 4.88. The lowest BCUT2D eigenvalue weighted by atomic mass is 10.2. The molecule has 0 unspecified atom stereocenters. The van der Waals surface area contributed by atoms with E-state index in [0.717, 1.165) is 18.2 Å². The smallest absolute Gasteiger partial charge is 0.352 e. The molecule has 0 amide bonds. The monoisotopic (exact) mass is 437 g/mol. The number of rotatable bonds is 5. The van der Waals surface area contributed by atoms with Gasteiger partial charge in [0.15, 0.2) is 17.4 Å². The maximum Gasteiger partial charge on any atom is 0.352 e. The van der Waals surface area contributed by atoms with Gasteiger partial charge in [-0.1, -0.05) is 11.6 Å². The Morgan fingerprint density at radius 3 is 2.50 bits per heavy atom. The molecule has 30 heavy (non-hydrogen) atoms. The van der Waals surface area contributed by atoms with Crippen molar-refractivity contribution in [3.05, 3.63) is 74.9 Å². The van der Waals surface area contributed by atoms with Crippen LogP contribution in [0, 0.1) is 17.5 Å². The standard InChI is InChI=1S/C20H15ClF3N3O3/c1-26-4-5-27-18(26)9-17(25-20(27)28)29-10-11-6-15(23)19(16(24)7-11)30-12-2-3-13(21)14(22)8-12/h2-3,6-9H,4-5,10H2,1H3. The van der Waals surface area contributed by atoms with Gasteiger partial charge in [-0.2, -0.15) is 4.98 Å². The van der Waals surface area contributed by atoms with Crippen molar-refractivity contribution in [2.75, 3.05) is 18.5 Å². The van der Waals surface area contributed by atoms with Gasteiger partial charge in [0, 0.05) is 32.3 Å². The Kier molecular flexibility index (Phi) is 5.29. The van der Waals surface area contributed by atoms with E-state index in [2.05, 4.69) is 4.98 Å². The minimum Gasteiger partial charge on any atom is -0.473 e. The average Bonchev–Trinajstić information content (AvgIpc) is 3.07. The molecule has 6 nitrogen and oxygen atoms in total. The highest BCUT2D eigenvalue weighted by Gasteiger charge is 2.19. The molecule has 2 aromatic carbocycles. The highest BCUT2D eigenvalue weighted by Crippen LogP contribution is 2.31. The summed E-state index contributed by atoms with van der Waals surface area (Å²) >= 11 is 5.58. The van der Waals surface area contributed by atoms with Crippen LogP contribution in [0.2, 0.25) is 5.02 Å². The minimum atomic E-state index is -0.995. The largest absolute Gasteiger partial charge is 0.473 e. The van der Waals surface area contributed by atoms with Gasteiger partial charge in [-0.05, 0) is 29.8 Å². The summed E-state index contributed by atoms with van der Waals surface area (Å²) in [6, 6.07) is 7.07. The van der Waals surface area contributed by atoms with Crippen molar-refractivity contribution in [2.45, 2.75) is 13.2 Å². The molecule has 0 saturated carbocycles. The molecule has 0 aliphatic carbocycles. The summed E-state index contributed by atoms with van der Waals surface area (Å²) in [7, 11) is 1.83. The third-order valence-electron chi connectivity index (χ3n) is 4.57. The van der Waals surface area contributed by atoms with Crippen LogP contribution >= 0.6 is 11.6 Å². The molecule has 4 rings (SSSR count). The molecule has 3 aromatic rings. The third kappa shape index (κ3) is 3.93. The SMILES string of the molecule is CN1CCn2c1cc(OCc1cc(F)c(Oc3ccc(Cl)c(F)c3)c(F)c1)nc2=O. The van der Waals surface area contributed by atoms with Gasteiger partial charge in [0.05, 0.1) is 5.02 Å². The number of hydrogen-bond donors (Lipinski definition) is 0. The molecule has 0 fully saturated rings. The van der Waals surface area contributed by atoms with E-state index in [4.69, 9.17) is 21.1 Å². The van der Waals surface area contributed by atoms with Crippen LogP contribution in [-0.2, 0) is 13.2 Å². The second-order valence-electron chi connectivity index (χ2n) is 6.66. The highest BCUT2D eigenvalue weighted by molar-refractivity contribution is 6.30. The van der Waals surface area contributed by atoms with Crippen LogP contribution in [-0.4, -0.2) is 23.1 Å². The van der Waals surface area contributed by atoms with E-state index >= 15 is 0 Å². The normalized spacial score (nSPS) is 12.8. The first-order chi connectivity index (χ1) is 14.3. The summed E-state index contributed by atoms with van der Waals surface area (Å²) in [5, 5.41) is -0.137. The lowest BCUT2D eigenvalue weighted by molar-refractivity contribution is 0.289. The molecule has 0 spiro atoms. The first-order valence-corrected chi connectivity index (χ1v) is 9.26. The van der Waals surface area contributed by atoms with E-state index in [1.165, 1.54) is 16.7 Å². The number of nitrogens with zero attached hydrogens (tertiary/aromatic N) is 3. The molecular weight excluding hydrogens is 423 g/mol. The van der Waals surface area contributed by atoms with Crippen molar-refractivity contribution in [3.8, 4) is 17.4 Å². The lowest BCUT2D eigenvalue weighted by Crippen LogP contribution is -2.22. The molecule has 0 atom stereocenters. The highest BCUT2D eigenvalue weighted by atomic mass is 35.5. The number of fused-ring (bicyclic) bond motifs is 1. The van der Waals surface area contributed by atoms with Crippen molar-refractivity contribution in [2.24, 2.45) is 0 Å². The number of hydrogen-bond acceptors (Lipinski definition) is 5. The summed E-state index contributed by atoms with van der Waals surface area (Å²) in [5.74, 6) is -2.85.